The molecule has 4 nitrogen and oxygen atoms in total. The molecule has 2 unspecified atom stereocenters. The predicted molar refractivity (Wildman–Crippen MR) is 123 cm³/mol. The fraction of sp³-hybridized carbons (Fsp3) is 1.00. The molecule has 0 aromatic heterocycles. The Bertz CT molecular complexity index is 440. The maximum absolute atomic E-state index is 11.4. The summed E-state index contributed by atoms with van der Waals surface area (Å²) in [6.45, 7) is 3.99. The summed E-state index contributed by atoms with van der Waals surface area (Å²) in [5.74, 6) is 0. The molecule has 176 valence electrons. The number of hydrogen-bond acceptors (Lipinski definition) is 4. The third-order valence-electron chi connectivity index (χ3n) is 5.94. The molecule has 6 heteroatoms. The maximum atomic E-state index is 11.4. The first-order chi connectivity index (χ1) is 13.9. The van der Waals surface area contributed by atoms with Gasteiger partial charge >= 0.3 is 51.4 Å². The topological polar surface area (TPSA) is 77.4 Å². The van der Waals surface area contributed by atoms with Crippen molar-refractivity contribution in [2.45, 2.75) is 154 Å². The van der Waals surface area contributed by atoms with Crippen molar-refractivity contribution in [3.63, 3.8) is 0 Å². The predicted octanol–water partition coefficient (Wildman–Crippen LogP) is 4.11. The van der Waals surface area contributed by atoms with Crippen molar-refractivity contribution in [2.24, 2.45) is 0 Å². The van der Waals surface area contributed by atoms with E-state index in [9.17, 15) is 18.1 Å². The summed E-state index contributed by atoms with van der Waals surface area (Å²) < 4.78 is 34.3. The van der Waals surface area contributed by atoms with Crippen LogP contribution in [0.1, 0.15) is 142 Å². The number of unbranched alkanes of at least 4 members (excludes halogenated alkanes) is 15. The number of aliphatic hydroxyl groups is 1. The van der Waals surface area contributed by atoms with Gasteiger partial charge in [-0.25, -0.2) is 8.42 Å². The molecule has 0 rings (SSSR count). The van der Waals surface area contributed by atoms with E-state index in [4.69, 9.17) is 0 Å². The summed E-state index contributed by atoms with van der Waals surface area (Å²) in [6.07, 6.45) is 22.0. The average molecular weight is 473 g/mol. The minimum Gasteiger partial charge on any atom is -0.748 e. The van der Waals surface area contributed by atoms with Gasteiger partial charge in [-0.15, -0.1) is 0 Å². The van der Waals surface area contributed by atoms with E-state index in [1.165, 1.54) is 77.0 Å². The molecule has 1 N–H and O–H groups in total. The van der Waals surface area contributed by atoms with Crippen molar-refractivity contribution in [3.8, 4) is 0 Å². The van der Waals surface area contributed by atoms with Gasteiger partial charge in [0.25, 0.3) is 0 Å². The molecule has 0 aliphatic carbocycles. The van der Waals surface area contributed by atoms with Crippen LogP contribution in [-0.2, 0) is 10.1 Å². The Morgan fingerprint density at radius 3 is 1.27 bits per heavy atom. The van der Waals surface area contributed by atoms with Gasteiger partial charge in [0.15, 0.2) is 0 Å². The molecule has 0 saturated heterocycles. The number of aliphatic hydroxyl groups excluding tert-OH is 1. The van der Waals surface area contributed by atoms with Crippen LogP contribution >= 0.6 is 0 Å². The average Bonchev–Trinajstić information content (AvgIpc) is 2.65. The van der Waals surface area contributed by atoms with E-state index >= 15 is 0 Å². The van der Waals surface area contributed by atoms with Gasteiger partial charge in [-0.1, -0.05) is 116 Å². The molecular formula is C24H49KO4S. The minimum atomic E-state index is -4.20. The summed E-state index contributed by atoms with van der Waals surface area (Å²) in [6, 6.07) is 0. The first-order valence-electron chi connectivity index (χ1n) is 12.5. The van der Waals surface area contributed by atoms with E-state index in [0.29, 0.717) is 25.7 Å². The third-order valence-corrected chi connectivity index (χ3v) is 7.22. The van der Waals surface area contributed by atoms with Crippen LogP contribution in [0.5, 0.6) is 0 Å². The van der Waals surface area contributed by atoms with Crippen LogP contribution in [0.3, 0.4) is 0 Å². The number of rotatable bonds is 22. The first kappa shape index (κ1) is 33.7. The quantitative estimate of drug-likeness (QED) is 0.146. The van der Waals surface area contributed by atoms with E-state index in [0.717, 1.165) is 25.7 Å². The first-order valence-corrected chi connectivity index (χ1v) is 14.0. The molecule has 0 radical (unpaired) electrons. The molecule has 0 aliphatic heterocycles. The molecule has 30 heavy (non-hydrogen) atoms. The van der Waals surface area contributed by atoms with Crippen LogP contribution in [0, 0.1) is 0 Å². The second kappa shape index (κ2) is 23.7. The standard InChI is InChI=1S/C24H50O4S.K/c1-3-4-5-6-7-8-9-10-11-12-13-14-15-16-17-21-24(29(26,27)28)22-19-18-20-23(2)25;/h23-25H,3-22H2,1-2H3,(H,26,27,28);/q;+1/p-1. The Labute approximate surface area is 230 Å². The Morgan fingerprint density at radius 2 is 0.933 bits per heavy atom. The molecule has 2 atom stereocenters. The maximum Gasteiger partial charge on any atom is 1.00 e. The second-order valence-corrected chi connectivity index (χ2v) is 10.6. The summed E-state index contributed by atoms with van der Waals surface area (Å²) in [4.78, 5) is 0. The van der Waals surface area contributed by atoms with Crippen molar-refractivity contribution >= 4 is 10.1 Å². The zero-order valence-electron chi connectivity index (χ0n) is 20.4. The summed E-state index contributed by atoms with van der Waals surface area (Å²) in [5, 5.41) is 8.51. The van der Waals surface area contributed by atoms with Gasteiger partial charge in [0.05, 0.1) is 16.2 Å². The Hall–Kier alpha value is 1.51. The van der Waals surface area contributed by atoms with Crippen LogP contribution in [0.15, 0.2) is 0 Å². The Kier molecular flexibility index (Phi) is 26.6. The van der Waals surface area contributed by atoms with Crippen molar-refractivity contribution in [1.29, 1.82) is 0 Å². The van der Waals surface area contributed by atoms with Crippen molar-refractivity contribution in [3.05, 3.63) is 0 Å². The van der Waals surface area contributed by atoms with Crippen molar-refractivity contribution < 1.29 is 69.5 Å². The zero-order valence-corrected chi connectivity index (χ0v) is 24.3. The molecule has 0 amide bonds. The normalized spacial score (nSPS) is 13.7. The Balaban J connectivity index is 0. The SMILES string of the molecule is CCCCCCCCCCCCCCCCCC(CCCCC(C)O)S(=O)(=O)[O-].[K+]. The molecule has 0 saturated carbocycles. The minimum absolute atomic E-state index is 0. The zero-order chi connectivity index (χ0) is 21.8. The molecule has 0 bridgehead atoms. The fourth-order valence-electron chi connectivity index (χ4n) is 3.99. The molecule has 0 aromatic carbocycles. The van der Waals surface area contributed by atoms with Gasteiger partial charge in [0, 0.05) is 5.25 Å². The summed E-state index contributed by atoms with van der Waals surface area (Å²) in [5.41, 5.74) is 0. The van der Waals surface area contributed by atoms with Crippen LogP contribution < -0.4 is 51.4 Å². The van der Waals surface area contributed by atoms with Gasteiger partial charge < -0.3 is 9.66 Å². The number of hydrogen-bond donors (Lipinski definition) is 1. The van der Waals surface area contributed by atoms with Gasteiger partial charge in [-0.05, 0) is 26.2 Å². The van der Waals surface area contributed by atoms with Crippen molar-refractivity contribution in [1.82, 2.24) is 0 Å². The fourth-order valence-corrected chi connectivity index (χ4v) is 4.90. The second-order valence-electron chi connectivity index (χ2n) is 8.99. The molecule has 0 aliphatic rings. The van der Waals surface area contributed by atoms with Crippen LogP contribution in [-0.4, -0.2) is 29.4 Å². The van der Waals surface area contributed by atoms with Gasteiger partial charge in [-0.2, -0.15) is 0 Å². The summed E-state index contributed by atoms with van der Waals surface area (Å²) >= 11 is 0. The molecule has 0 aromatic rings. The summed E-state index contributed by atoms with van der Waals surface area (Å²) in [7, 11) is -4.20. The third kappa shape index (κ3) is 24.2. The van der Waals surface area contributed by atoms with E-state index in [2.05, 4.69) is 6.92 Å². The van der Waals surface area contributed by atoms with Crippen LogP contribution in [0.2, 0.25) is 0 Å². The van der Waals surface area contributed by atoms with Crippen LogP contribution in [0.4, 0.5) is 0 Å². The van der Waals surface area contributed by atoms with Gasteiger partial charge in [-0.3, -0.25) is 0 Å². The van der Waals surface area contributed by atoms with Crippen LogP contribution in [0.25, 0.3) is 0 Å². The smallest absolute Gasteiger partial charge is 0.748 e. The molecular weight excluding hydrogens is 423 g/mol. The van der Waals surface area contributed by atoms with E-state index in [-0.39, 0.29) is 57.5 Å². The van der Waals surface area contributed by atoms with E-state index in [1.807, 2.05) is 0 Å². The van der Waals surface area contributed by atoms with E-state index < -0.39 is 15.4 Å². The molecule has 0 fully saturated rings. The largest absolute Gasteiger partial charge is 1.00 e. The van der Waals surface area contributed by atoms with Gasteiger partial charge in [0.2, 0.25) is 0 Å². The monoisotopic (exact) mass is 472 g/mol. The van der Waals surface area contributed by atoms with Gasteiger partial charge in [0.1, 0.15) is 0 Å². The van der Waals surface area contributed by atoms with Crippen molar-refractivity contribution in [2.75, 3.05) is 0 Å². The molecule has 0 spiro atoms. The van der Waals surface area contributed by atoms with E-state index in [1.54, 1.807) is 6.92 Å². The molecule has 0 heterocycles. The Morgan fingerprint density at radius 1 is 0.633 bits per heavy atom.